The topological polar surface area (TPSA) is 193 Å². The van der Waals surface area contributed by atoms with Crippen molar-refractivity contribution in [3.63, 3.8) is 0 Å². The average Bonchev–Trinajstić information content (AvgIpc) is 3.62. The largest absolute Gasteiger partial charge is 0.361 e. The van der Waals surface area contributed by atoms with E-state index in [1.54, 1.807) is 42.1 Å². The van der Waals surface area contributed by atoms with E-state index in [1.807, 2.05) is 65.0 Å². The van der Waals surface area contributed by atoms with Gasteiger partial charge in [-0.2, -0.15) is 0 Å². The van der Waals surface area contributed by atoms with Crippen molar-refractivity contribution in [2.75, 3.05) is 48.5 Å². The van der Waals surface area contributed by atoms with E-state index in [0.717, 1.165) is 39.6 Å². The predicted octanol–water partition coefficient (Wildman–Crippen LogP) is 6.59. The summed E-state index contributed by atoms with van der Waals surface area (Å²) in [6.07, 6.45) is 2.16. The van der Waals surface area contributed by atoms with Crippen LogP contribution in [-0.4, -0.2) is 84.0 Å². The summed E-state index contributed by atoms with van der Waals surface area (Å²) in [4.78, 5) is 55.7. The number of thiazole rings is 1. The fraction of sp³-hybridized carbons (Fsp3) is 0.225. The smallest absolute Gasteiger partial charge is 0.312 e. The van der Waals surface area contributed by atoms with Gasteiger partial charge in [-0.05, 0) is 93.1 Å². The Bertz CT molecular complexity index is 2650. The maximum atomic E-state index is 13.7. The fourth-order valence-electron chi connectivity index (χ4n) is 6.41. The molecule has 7 rings (SSSR count). The van der Waals surface area contributed by atoms with E-state index in [9.17, 15) is 32.5 Å². The molecule has 4 heterocycles. The zero-order valence-corrected chi connectivity index (χ0v) is 34.2. The second-order valence-corrected chi connectivity index (χ2v) is 17.7. The molecule has 304 valence electrons. The number of halogens is 1. The maximum Gasteiger partial charge on any atom is 0.312 e. The first kappa shape index (κ1) is 41.2. The number of rotatable bonds is 15. The summed E-state index contributed by atoms with van der Waals surface area (Å²) < 4.78 is 43.2. The number of thioether (sulfide) groups is 1. The number of nitro groups is 1. The summed E-state index contributed by atoms with van der Waals surface area (Å²) >= 11 is 2.74. The molecule has 19 heteroatoms. The van der Waals surface area contributed by atoms with Crippen molar-refractivity contribution in [1.82, 2.24) is 24.6 Å². The molecule has 0 radical (unpaired) electrons. The molecular weight excluding hydrogens is 818 g/mol. The zero-order valence-electron chi connectivity index (χ0n) is 31.8. The number of fused-ring (bicyclic) bond motifs is 2. The summed E-state index contributed by atoms with van der Waals surface area (Å²) in [5, 5.41) is 18.5. The number of carbonyl (C=O) groups excluding carboxylic acids is 2. The number of carbonyl (C=O) groups is 2. The van der Waals surface area contributed by atoms with Crippen LogP contribution in [0.25, 0.3) is 10.2 Å². The minimum Gasteiger partial charge on any atom is -0.361 e. The quantitative estimate of drug-likeness (QED) is 0.0570. The lowest BCUT2D eigenvalue weighted by Gasteiger charge is -2.31. The lowest BCUT2D eigenvalue weighted by atomic mass is 9.94. The fourth-order valence-corrected chi connectivity index (χ4v) is 9.22. The zero-order chi connectivity index (χ0) is 41.7. The lowest BCUT2D eigenvalue weighted by Crippen LogP contribution is -2.34. The number of sulfonamides is 1. The highest BCUT2D eigenvalue weighted by Gasteiger charge is 2.28. The molecule has 1 aliphatic heterocycles. The second kappa shape index (κ2) is 17.9. The van der Waals surface area contributed by atoms with Crippen LogP contribution in [0.2, 0.25) is 0 Å². The number of pyridine rings is 2. The van der Waals surface area contributed by atoms with E-state index in [0.29, 0.717) is 58.4 Å². The third-order valence-corrected chi connectivity index (χ3v) is 12.8. The summed E-state index contributed by atoms with van der Waals surface area (Å²) in [6, 6.07) is 24.6. The first-order valence-corrected chi connectivity index (χ1v) is 21.6. The second-order valence-electron chi connectivity index (χ2n) is 13.9. The van der Waals surface area contributed by atoms with Crippen LogP contribution in [0.1, 0.15) is 38.4 Å². The Balaban J connectivity index is 1.04. The van der Waals surface area contributed by atoms with E-state index in [4.69, 9.17) is 0 Å². The molecule has 3 aromatic heterocycles. The minimum atomic E-state index is -4.63. The molecule has 0 saturated heterocycles. The first-order chi connectivity index (χ1) is 28.3. The van der Waals surface area contributed by atoms with E-state index < -0.39 is 37.3 Å². The minimum absolute atomic E-state index is 0.0933. The molecule has 0 bridgehead atoms. The van der Waals surface area contributed by atoms with E-state index >= 15 is 0 Å². The summed E-state index contributed by atoms with van der Waals surface area (Å²) in [5.41, 5.74) is 1.91. The predicted molar refractivity (Wildman–Crippen MR) is 226 cm³/mol. The van der Waals surface area contributed by atoms with Gasteiger partial charge in [0.1, 0.15) is 22.2 Å². The van der Waals surface area contributed by atoms with Crippen LogP contribution in [0, 0.1) is 15.9 Å². The van der Waals surface area contributed by atoms with E-state index in [2.05, 4.69) is 25.6 Å². The number of hydrogen-bond donors (Lipinski definition) is 3. The van der Waals surface area contributed by atoms with Gasteiger partial charge in [0, 0.05) is 41.4 Å². The molecule has 15 nitrogen and oxygen atoms in total. The molecule has 0 saturated carbocycles. The number of benzene rings is 3. The molecule has 1 atom stereocenters. The van der Waals surface area contributed by atoms with Gasteiger partial charge in [0.2, 0.25) is 5.82 Å². The number of aromatic nitrogens is 3. The van der Waals surface area contributed by atoms with Crippen LogP contribution in [-0.2, 0) is 23.0 Å². The molecule has 0 spiro atoms. The summed E-state index contributed by atoms with van der Waals surface area (Å²) in [7, 11) is -0.787. The van der Waals surface area contributed by atoms with Gasteiger partial charge >= 0.3 is 5.69 Å². The molecule has 3 aromatic carbocycles. The maximum absolute atomic E-state index is 13.7. The third-order valence-electron chi connectivity index (χ3n) is 9.42. The SMILES string of the molecule is CN(C)CC[C@H](CSc1ccccc1)Nc1ncc(S(=O)(=O)NC(=O)c2cccc(N3CCc4cccc(C(=O)Nc5nc6ccc(F)cc6s5)c4C3)n2)cc1[N+](=O)[O-]. The number of amides is 2. The van der Waals surface area contributed by atoms with Gasteiger partial charge in [-0.1, -0.05) is 47.7 Å². The standard InChI is InChI=1S/C40H38FN9O6S3/c1-48(2)18-17-27(24-57-28-9-4-3-5-10-28)43-37-34(50(53)54)21-29(22-42-37)59(55,56)47-39(52)33-12-7-13-36(44-33)49-19-16-25-8-6-11-30(31(25)23-49)38(51)46-40-45-32-15-14-26(41)20-35(32)58-40/h3-15,20-22,27H,16-19,23-24H2,1-2H3,(H,42,43)(H,47,52)(H,45,46,51)/t27-/m1/s1. The number of hydrogen-bond acceptors (Lipinski definition) is 14. The third kappa shape index (κ3) is 9.99. The van der Waals surface area contributed by atoms with Gasteiger partial charge < -0.3 is 15.1 Å². The molecule has 3 N–H and O–H groups in total. The van der Waals surface area contributed by atoms with Crippen LogP contribution >= 0.6 is 23.1 Å². The summed E-state index contributed by atoms with van der Waals surface area (Å²) in [5.74, 6) is -1.00. The van der Waals surface area contributed by atoms with Crippen LogP contribution in [0.5, 0.6) is 0 Å². The molecule has 59 heavy (non-hydrogen) atoms. The Labute approximate surface area is 347 Å². The van der Waals surface area contributed by atoms with Crippen molar-refractivity contribution < 1.29 is 27.3 Å². The first-order valence-electron chi connectivity index (χ1n) is 18.3. The van der Waals surface area contributed by atoms with Crippen molar-refractivity contribution in [2.24, 2.45) is 0 Å². The molecule has 2 amide bonds. The number of nitrogens with zero attached hydrogens (tertiary/aromatic N) is 6. The highest BCUT2D eigenvalue weighted by atomic mass is 32.2. The van der Waals surface area contributed by atoms with Gasteiger partial charge in [0.15, 0.2) is 5.13 Å². The van der Waals surface area contributed by atoms with Crippen molar-refractivity contribution >= 4 is 77.6 Å². The number of anilines is 3. The molecule has 0 fully saturated rings. The van der Waals surface area contributed by atoms with Crippen LogP contribution < -0.4 is 20.3 Å². The molecule has 0 unspecified atom stereocenters. The lowest BCUT2D eigenvalue weighted by molar-refractivity contribution is -0.384. The Morgan fingerprint density at radius 2 is 1.81 bits per heavy atom. The number of nitrogens with one attached hydrogen (secondary N) is 3. The molecule has 0 aliphatic carbocycles. The van der Waals surface area contributed by atoms with Crippen molar-refractivity contribution in [1.29, 1.82) is 0 Å². The van der Waals surface area contributed by atoms with Crippen molar-refractivity contribution in [3.05, 3.63) is 136 Å². The molecular formula is C40H38FN9O6S3. The van der Waals surface area contributed by atoms with Gasteiger partial charge in [0.05, 0.1) is 21.3 Å². The van der Waals surface area contributed by atoms with Gasteiger partial charge in [0.25, 0.3) is 21.8 Å². The molecule has 6 aromatic rings. The summed E-state index contributed by atoms with van der Waals surface area (Å²) in [6.45, 7) is 1.44. The van der Waals surface area contributed by atoms with Crippen LogP contribution in [0.3, 0.4) is 0 Å². The monoisotopic (exact) mass is 855 g/mol. The Morgan fingerprint density at radius 3 is 2.59 bits per heavy atom. The van der Waals surface area contributed by atoms with Crippen molar-refractivity contribution in [3.8, 4) is 0 Å². The van der Waals surface area contributed by atoms with Gasteiger partial charge in [-0.25, -0.2) is 32.5 Å². The highest BCUT2D eigenvalue weighted by molar-refractivity contribution is 7.99. The Morgan fingerprint density at radius 1 is 1.02 bits per heavy atom. The molecule has 1 aliphatic rings. The average molecular weight is 856 g/mol. The Hall–Kier alpha value is -6.02. The van der Waals surface area contributed by atoms with E-state index in [1.165, 1.54) is 18.2 Å². The Kier molecular flexibility index (Phi) is 12.5. The highest BCUT2D eigenvalue weighted by Crippen LogP contribution is 2.31. The van der Waals surface area contributed by atoms with Crippen LogP contribution in [0.4, 0.5) is 26.8 Å². The normalized spacial score (nSPS) is 13.2. The van der Waals surface area contributed by atoms with Gasteiger partial charge in [-0.15, -0.1) is 11.8 Å². The van der Waals surface area contributed by atoms with Crippen molar-refractivity contribution in [2.45, 2.75) is 35.2 Å². The van der Waals surface area contributed by atoms with E-state index in [-0.39, 0.29) is 30.0 Å². The van der Waals surface area contributed by atoms with Gasteiger partial charge in [-0.3, -0.25) is 25.0 Å². The van der Waals surface area contributed by atoms with Crippen LogP contribution in [0.15, 0.2) is 107 Å².